The first-order valence-corrected chi connectivity index (χ1v) is 8.66. The number of aromatic nitrogens is 2. The number of ether oxygens (including phenoxy) is 2. The van der Waals surface area contributed by atoms with Crippen molar-refractivity contribution < 1.29 is 9.47 Å². The zero-order valence-electron chi connectivity index (χ0n) is 16.1. The van der Waals surface area contributed by atoms with Crippen molar-refractivity contribution in [2.24, 2.45) is 0 Å². The third-order valence-corrected chi connectivity index (χ3v) is 3.80. The van der Waals surface area contributed by atoms with E-state index in [1.807, 2.05) is 36.4 Å². The normalized spacial score (nSPS) is 10.1. The van der Waals surface area contributed by atoms with Crippen LogP contribution < -0.4 is 20.9 Å². The summed E-state index contributed by atoms with van der Waals surface area (Å²) in [5.41, 5.74) is 13.6. The molecule has 0 saturated carbocycles. The van der Waals surface area contributed by atoms with Crippen molar-refractivity contribution in [3.63, 3.8) is 0 Å². The maximum Gasteiger partial charge on any atom is 0.222 e. The van der Waals surface area contributed by atoms with E-state index in [1.165, 1.54) is 11.8 Å². The van der Waals surface area contributed by atoms with Crippen LogP contribution in [0.25, 0.3) is 0 Å². The lowest BCUT2D eigenvalue weighted by Gasteiger charge is -2.15. The topological polar surface area (TPSA) is 96.3 Å². The molecule has 0 unspecified atom stereocenters. The molecule has 0 aliphatic carbocycles. The smallest absolute Gasteiger partial charge is 0.222 e. The molecule has 6 heteroatoms. The van der Waals surface area contributed by atoms with Crippen LogP contribution in [0.1, 0.15) is 30.9 Å². The van der Waals surface area contributed by atoms with Gasteiger partial charge in [0.25, 0.3) is 0 Å². The van der Waals surface area contributed by atoms with E-state index >= 15 is 0 Å². The molecule has 27 heavy (non-hydrogen) atoms. The summed E-state index contributed by atoms with van der Waals surface area (Å²) >= 11 is 0. The summed E-state index contributed by atoms with van der Waals surface area (Å²) in [7, 11) is 1.63. The Labute approximate surface area is 160 Å². The average molecular weight is 366 g/mol. The minimum absolute atomic E-state index is 0.119. The summed E-state index contributed by atoms with van der Waals surface area (Å²) in [6, 6.07) is 15.9. The number of aryl methyl sites for hydroxylation is 1. The van der Waals surface area contributed by atoms with E-state index in [0.29, 0.717) is 11.5 Å². The zero-order chi connectivity index (χ0) is 19.8. The van der Waals surface area contributed by atoms with Gasteiger partial charge >= 0.3 is 0 Å². The van der Waals surface area contributed by atoms with Gasteiger partial charge in [-0.3, -0.25) is 0 Å². The van der Waals surface area contributed by atoms with Crippen LogP contribution in [0.4, 0.5) is 11.8 Å². The number of nitrogens with two attached hydrogens (primary N) is 2. The van der Waals surface area contributed by atoms with Crippen molar-refractivity contribution >= 4 is 11.8 Å². The molecule has 1 aromatic heterocycles. The Morgan fingerprint density at radius 3 is 2.19 bits per heavy atom. The Hall–Kier alpha value is -3.28. The molecule has 2 aromatic carbocycles. The monoisotopic (exact) mass is 366 g/mol. The molecule has 0 fully saturated rings. The van der Waals surface area contributed by atoms with Gasteiger partial charge in [0, 0.05) is 5.56 Å². The standard InChI is InChI=1S/C14H18N4O2.C7H8/c1-8(2)10-6-9(19-3)4-5-11(10)20-12-7-17-14(16)18-13(12)15;1-7-5-3-2-4-6-7/h4-8H,1-3H3,(H4,15,16,17,18);2-6H,1H3. The Morgan fingerprint density at radius 1 is 0.963 bits per heavy atom. The quantitative estimate of drug-likeness (QED) is 0.702. The van der Waals surface area contributed by atoms with Gasteiger partial charge in [-0.1, -0.05) is 49.7 Å². The number of anilines is 2. The van der Waals surface area contributed by atoms with Crippen molar-refractivity contribution in [2.75, 3.05) is 18.6 Å². The number of benzene rings is 2. The van der Waals surface area contributed by atoms with Crippen LogP contribution >= 0.6 is 0 Å². The maximum atomic E-state index is 5.79. The van der Waals surface area contributed by atoms with Crippen molar-refractivity contribution in [1.29, 1.82) is 0 Å². The highest BCUT2D eigenvalue weighted by Gasteiger charge is 2.12. The lowest BCUT2D eigenvalue weighted by Crippen LogP contribution is -2.02. The van der Waals surface area contributed by atoms with Crippen LogP contribution in [0, 0.1) is 6.92 Å². The van der Waals surface area contributed by atoms with E-state index in [2.05, 4.69) is 42.9 Å². The van der Waals surface area contributed by atoms with Crippen LogP contribution in [0.15, 0.2) is 54.7 Å². The second kappa shape index (κ2) is 9.43. The Bertz CT molecular complexity index is 867. The van der Waals surface area contributed by atoms with Gasteiger partial charge in [0.2, 0.25) is 5.95 Å². The van der Waals surface area contributed by atoms with Crippen LogP contribution in [0.2, 0.25) is 0 Å². The molecule has 0 radical (unpaired) electrons. The minimum Gasteiger partial charge on any atom is -0.497 e. The van der Waals surface area contributed by atoms with Crippen LogP contribution in [-0.4, -0.2) is 17.1 Å². The molecule has 3 rings (SSSR count). The molecule has 0 saturated heterocycles. The van der Waals surface area contributed by atoms with E-state index in [0.717, 1.165) is 11.3 Å². The maximum absolute atomic E-state index is 5.79. The number of hydrogen-bond acceptors (Lipinski definition) is 6. The van der Waals surface area contributed by atoms with Gasteiger partial charge in [-0.25, -0.2) is 4.98 Å². The average Bonchev–Trinajstić information content (AvgIpc) is 2.65. The van der Waals surface area contributed by atoms with Crippen molar-refractivity contribution in [3.05, 3.63) is 65.9 Å². The molecule has 0 amide bonds. The Morgan fingerprint density at radius 2 is 1.67 bits per heavy atom. The fourth-order valence-electron chi connectivity index (χ4n) is 2.33. The second-order valence-electron chi connectivity index (χ2n) is 6.29. The lowest BCUT2D eigenvalue weighted by molar-refractivity contribution is 0.411. The summed E-state index contributed by atoms with van der Waals surface area (Å²) in [5.74, 6) is 2.46. The largest absolute Gasteiger partial charge is 0.497 e. The minimum atomic E-state index is 0.119. The van der Waals surface area contributed by atoms with E-state index in [-0.39, 0.29) is 17.7 Å². The first-order valence-electron chi connectivity index (χ1n) is 8.66. The highest BCUT2D eigenvalue weighted by Crippen LogP contribution is 2.34. The van der Waals surface area contributed by atoms with Crippen LogP contribution in [-0.2, 0) is 0 Å². The summed E-state index contributed by atoms with van der Waals surface area (Å²) < 4.78 is 11.0. The lowest BCUT2D eigenvalue weighted by atomic mass is 10.0. The van der Waals surface area contributed by atoms with Gasteiger partial charge in [-0.2, -0.15) is 4.98 Å². The van der Waals surface area contributed by atoms with Crippen LogP contribution in [0.5, 0.6) is 17.2 Å². The van der Waals surface area contributed by atoms with E-state index in [9.17, 15) is 0 Å². The molecule has 4 N–H and O–H groups in total. The summed E-state index contributed by atoms with van der Waals surface area (Å²) in [6.45, 7) is 6.23. The van der Waals surface area contributed by atoms with Gasteiger partial charge in [-0.15, -0.1) is 0 Å². The van der Waals surface area contributed by atoms with Gasteiger partial charge in [0.15, 0.2) is 11.6 Å². The predicted octanol–water partition coefficient (Wildman–Crippen LogP) is 4.56. The SMILES string of the molecule is COc1ccc(Oc2cnc(N)nc2N)c(C(C)C)c1.Cc1ccccc1. The van der Waals surface area contributed by atoms with Crippen molar-refractivity contribution in [3.8, 4) is 17.2 Å². The van der Waals surface area contributed by atoms with Gasteiger partial charge in [-0.05, 0) is 31.0 Å². The molecule has 0 aliphatic heterocycles. The number of nitrogens with zero attached hydrogens (tertiary/aromatic N) is 2. The summed E-state index contributed by atoms with van der Waals surface area (Å²) in [4.78, 5) is 7.75. The fraction of sp³-hybridized carbons (Fsp3) is 0.238. The van der Waals surface area contributed by atoms with E-state index < -0.39 is 0 Å². The van der Waals surface area contributed by atoms with Gasteiger partial charge in [0.1, 0.15) is 11.5 Å². The Balaban J connectivity index is 0.000000313. The highest BCUT2D eigenvalue weighted by atomic mass is 16.5. The van der Waals surface area contributed by atoms with Gasteiger partial charge in [0.05, 0.1) is 13.3 Å². The summed E-state index contributed by atoms with van der Waals surface area (Å²) in [6.07, 6.45) is 1.46. The third-order valence-electron chi connectivity index (χ3n) is 3.80. The van der Waals surface area contributed by atoms with Crippen molar-refractivity contribution in [2.45, 2.75) is 26.7 Å². The number of nitrogen functional groups attached to an aromatic ring is 2. The molecule has 6 nitrogen and oxygen atoms in total. The highest BCUT2D eigenvalue weighted by molar-refractivity contribution is 5.51. The number of rotatable bonds is 4. The molecule has 3 aromatic rings. The molecular formula is C21H26N4O2. The van der Waals surface area contributed by atoms with Gasteiger partial charge < -0.3 is 20.9 Å². The number of hydrogen-bond donors (Lipinski definition) is 2. The van der Waals surface area contributed by atoms with E-state index in [4.69, 9.17) is 20.9 Å². The zero-order valence-corrected chi connectivity index (χ0v) is 16.1. The molecule has 0 atom stereocenters. The van der Waals surface area contributed by atoms with E-state index in [1.54, 1.807) is 7.11 Å². The predicted molar refractivity (Wildman–Crippen MR) is 109 cm³/mol. The molecular weight excluding hydrogens is 340 g/mol. The molecule has 142 valence electrons. The third kappa shape index (κ3) is 5.88. The molecule has 0 bridgehead atoms. The first kappa shape index (κ1) is 20.0. The summed E-state index contributed by atoms with van der Waals surface area (Å²) in [5, 5.41) is 0. The van der Waals surface area contributed by atoms with Crippen molar-refractivity contribution in [1.82, 2.24) is 9.97 Å². The second-order valence-corrected chi connectivity index (χ2v) is 6.29. The first-order chi connectivity index (χ1) is 12.9. The molecule has 0 aliphatic rings. The fourth-order valence-corrected chi connectivity index (χ4v) is 2.33. The Kier molecular flexibility index (Phi) is 7.00. The number of methoxy groups -OCH3 is 1. The molecule has 0 spiro atoms. The van der Waals surface area contributed by atoms with Crippen LogP contribution in [0.3, 0.4) is 0 Å². The molecule has 1 heterocycles.